The number of carbonyl (C=O) groups excluding carboxylic acids is 2. The first-order valence-electron chi connectivity index (χ1n) is 8.24. The van der Waals surface area contributed by atoms with Crippen LogP contribution in [0.2, 0.25) is 0 Å². The van der Waals surface area contributed by atoms with Crippen LogP contribution < -0.4 is 15.5 Å². The highest BCUT2D eigenvalue weighted by molar-refractivity contribution is 5.97. The van der Waals surface area contributed by atoms with E-state index < -0.39 is 0 Å². The van der Waals surface area contributed by atoms with Crippen LogP contribution in [0.3, 0.4) is 0 Å². The lowest BCUT2D eigenvalue weighted by Gasteiger charge is -2.21. The van der Waals surface area contributed by atoms with E-state index in [4.69, 9.17) is 5.11 Å². The standard InChI is InChI=1S/C19H23N3O3/c1-2-22(17-9-4-3-5-10-17)18(24)14-21-16-8-6-7-15(13-16)19(25)20-11-12-23/h3-10,13,21,23H,2,11-12,14H2,1H3,(H,20,25). The number of aliphatic hydroxyl groups excluding tert-OH is 1. The Morgan fingerprint density at radius 3 is 2.52 bits per heavy atom. The minimum absolute atomic E-state index is 0.0520. The summed E-state index contributed by atoms with van der Waals surface area (Å²) in [6, 6.07) is 16.4. The van der Waals surface area contributed by atoms with Gasteiger partial charge in [-0.1, -0.05) is 24.3 Å². The van der Waals surface area contributed by atoms with Gasteiger partial charge in [0, 0.05) is 30.0 Å². The molecular weight excluding hydrogens is 318 g/mol. The van der Waals surface area contributed by atoms with E-state index in [2.05, 4.69) is 10.6 Å². The van der Waals surface area contributed by atoms with E-state index in [1.165, 1.54) is 0 Å². The van der Waals surface area contributed by atoms with Gasteiger partial charge in [-0.2, -0.15) is 0 Å². The first kappa shape index (κ1) is 18.5. The number of rotatable bonds is 8. The van der Waals surface area contributed by atoms with Crippen molar-refractivity contribution < 1.29 is 14.7 Å². The van der Waals surface area contributed by atoms with Gasteiger partial charge < -0.3 is 20.6 Å². The molecule has 0 aliphatic carbocycles. The van der Waals surface area contributed by atoms with Crippen LogP contribution in [0.25, 0.3) is 0 Å². The zero-order chi connectivity index (χ0) is 18.1. The van der Waals surface area contributed by atoms with Crippen LogP contribution in [-0.4, -0.2) is 43.2 Å². The first-order chi connectivity index (χ1) is 12.2. The van der Waals surface area contributed by atoms with Gasteiger partial charge in [0.2, 0.25) is 5.91 Å². The second-order valence-electron chi connectivity index (χ2n) is 5.39. The van der Waals surface area contributed by atoms with Gasteiger partial charge in [-0.15, -0.1) is 0 Å². The van der Waals surface area contributed by atoms with E-state index in [0.717, 1.165) is 5.69 Å². The quantitative estimate of drug-likeness (QED) is 0.685. The topological polar surface area (TPSA) is 81.7 Å². The van der Waals surface area contributed by atoms with Crippen LogP contribution in [0.5, 0.6) is 0 Å². The van der Waals surface area contributed by atoms with E-state index in [-0.39, 0.29) is 31.5 Å². The number of hydrogen-bond acceptors (Lipinski definition) is 4. The molecule has 6 nitrogen and oxygen atoms in total. The van der Waals surface area contributed by atoms with Crippen molar-refractivity contribution in [1.29, 1.82) is 0 Å². The molecule has 2 aromatic rings. The molecule has 0 fully saturated rings. The smallest absolute Gasteiger partial charge is 0.251 e. The molecule has 132 valence electrons. The molecule has 0 unspecified atom stereocenters. The predicted octanol–water partition coefficient (Wildman–Crippen LogP) is 1.87. The largest absolute Gasteiger partial charge is 0.395 e. The average molecular weight is 341 g/mol. The fourth-order valence-corrected chi connectivity index (χ4v) is 2.43. The van der Waals surface area contributed by atoms with Gasteiger partial charge in [0.05, 0.1) is 13.2 Å². The molecule has 6 heteroatoms. The highest BCUT2D eigenvalue weighted by Crippen LogP contribution is 2.14. The van der Waals surface area contributed by atoms with Gasteiger partial charge in [-0.05, 0) is 37.3 Å². The molecule has 3 N–H and O–H groups in total. The summed E-state index contributed by atoms with van der Waals surface area (Å²) in [4.78, 5) is 26.1. The minimum atomic E-state index is -0.261. The number of anilines is 2. The van der Waals surface area contributed by atoms with Crippen molar-refractivity contribution in [3.05, 3.63) is 60.2 Å². The lowest BCUT2D eigenvalue weighted by atomic mass is 10.2. The molecule has 0 radical (unpaired) electrons. The molecule has 0 saturated carbocycles. The second-order valence-corrected chi connectivity index (χ2v) is 5.39. The highest BCUT2D eigenvalue weighted by atomic mass is 16.3. The lowest BCUT2D eigenvalue weighted by Crippen LogP contribution is -2.35. The Bertz CT molecular complexity index is 704. The molecule has 0 heterocycles. The van der Waals surface area contributed by atoms with Crippen LogP contribution in [0.1, 0.15) is 17.3 Å². The summed E-state index contributed by atoms with van der Waals surface area (Å²) < 4.78 is 0. The molecule has 0 bridgehead atoms. The number of hydrogen-bond donors (Lipinski definition) is 3. The van der Waals surface area contributed by atoms with E-state index in [9.17, 15) is 9.59 Å². The van der Waals surface area contributed by atoms with Gasteiger partial charge in [0.15, 0.2) is 0 Å². The third-order valence-electron chi connectivity index (χ3n) is 3.65. The summed E-state index contributed by atoms with van der Waals surface area (Å²) in [5, 5.41) is 14.4. The molecule has 25 heavy (non-hydrogen) atoms. The van der Waals surface area contributed by atoms with E-state index in [0.29, 0.717) is 17.8 Å². The van der Waals surface area contributed by atoms with Gasteiger partial charge in [-0.25, -0.2) is 0 Å². The van der Waals surface area contributed by atoms with Gasteiger partial charge in [0.1, 0.15) is 0 Å². The SMILES string of the molecule is CCN(C(=O)CNc1cccc(C(=O)NCCO)c1)c1ccccc1. The fraction of sp³-hybridized carbons (Fsp3) is 0.263. The molecule has 2 rings (SSSR count). The zero-order valence-electron chi connectivity index (χ0n) is 14.2. The number of carbonyl (C=O) groups is 2. The van der Waals surface area contributed by atoms with Crippen molar-refractivity contribution in [2.75, 3.05) is 36.5 Å². The summed E-state index contributed by atoms with van der Waals surface area (Å²) in [7, 11) is 0. The number of aliphatic hydroxyl groups is 1. The normalized spacial score (nSPS) is 10.2. The van der Waals surface area contributed by atoms with Crippen LogP contribution in [-0.2, 0) is 4.79 Å². The Balaban J connectivity index is 1.98. The maximum Gasteiger partial charge on any atom is 0.251 e. The lowest BCUT2D eigenvalue weighted by molar-refractivity contribution is -0.116. The summed E-state index contributed by atoms with van der Waals surface area (Å²) in [6.07, 6.45) is 0. The van der Waals surface area contributed by atoms with E-state index in [1.54, 1.807) is 29.2 Å². The van der Waals surface area contributed by atoms with Crippen molar-refractivity contribution >= 4 is 23.2 Å². The Morgan fingerprint density at radius 1 is 1.08 bits per heavy atom. The Labute approximate surface area is 147 Å². The van der Waals surface area contributed by atoms with Crippen molar-refractivity contribution in [2.24, 2.45) is 0 Å². The summed E-state index contributed by atoms with van der Waals surface area (Å²) in [6.45, 7) is 2.73. The maximum absolute atomic E-state index is 12.5. The summed E-state index contributed by atoms with van der Waals surface area (Å²) >= 11 is 0. The number of para-hydroxylation sites is 1. The summed E-state index contributed by atoms with van der Waals surface area (Å²) in [5.41, 5.74) is 2.02. The van der Waals surface area contributed by atoms with Crippen LogP contribution in [0.15, 0.2) is 54.6 Å². The molecule has 2 aromatic carbocycles. The highest BCUT2D eigenvalue weighted by Gasteiger charge is 2.13. The molecule has 0 aliphatic heterocycles. The zero-order valence-corrected chi connectivity index (χ0v) is 14.2. The number of amides is 2. The van der Waals surface area contributed by atoms with Crippen molar-refractivity contribution in [3.8, 4) is 0 Å². The Kier molecular flexibility index (Phi) is 6.98. The molecule has 0 spiro atoms. The first-order valence-corrected chi connectivity index (χ1v) is 8.24. The summed E-state index contributed by atoms with van der Waals surface area (Å²) in [5.74, 6) is -0.313. The minimum Gasteiger partial charge on any atom is -0.395 e. The predicted molar refractivity (Wildman–Crippen MR) is 98.8 cm³/mol. The fourth-order valence-electron chi connectivity index (χ4n) is 2.43. The van der Waals surface area contributed by atoms with Gasteiger partial charge >= 0.3 is 0 Å². The van der Waals surface area contributed by atoms with Gasteiger partial charge in [0.25, 0.3) is 5.91 Å². The van der Waals surface area contributed by atoms with Crippen LogP contribution in [0.4, 0.5) is 11.4 Å². The molecule has 0 saturated heterocycles. The van der Waals surface area contributed by atoms with E-state index >= 15 is 0 Å². The molecule has 0 aromatic heterocycles. The van der Waals surface area contributed by atoms with Crippen LogP contribution in [0, 0.1) is 0 Å². The maximum atomic E-state index is 12.5. The Morgan fingerprint density at radius 2 is 1.84 bits per heavy atom. The second kappa shape index (κ2) is 9.44. The monoisotopic (exact) mass is 341 g/mol. The van der Waals surface area contributed by atoms with Crippen molar-refractivity contribution in [1.82, 2.24) is 5.32 Å². The third kappa shape index (κ3) is 5.32. The number of nitrogens with zero attached hydrogens (tertiary/aromatic N) is 1. The average Bonchev–Trinajstić information content (AvgIpc) is 2.66. The van der Waals surface area contributed by atoms with Crippen molar-refractivity contribution in [2.45, 2.75) is 6.92 Å². The van der Waals surface area contributed by atoms with Gasteiger partial charge in [-0.3, -0.25) is 9.59 Å². The molecular formula is C19H23N3O3. The number of nitrogens with one attached hydrogen (secondary N) is 2. The van der Waals surface area contributed by atoms with E-state index in [1.807, 2.05) is 37.3 Å². The molecule has 2 amide bonds. The number of benzene rings is 2. The van der Waals surface area contributed by atoms with Crippen molar-refractivity contribution in [3.63, 3.8) is 0 Å². The number of likely N-dealkylation sites (N-methyl/N-ethyl adjacent to an activating group) is 1. The van der Waals surface area contributed by atoms with Crippen LogP contribution >= 0.6 is 0 Å². The Hall–Kier alpha value is -2.86. The molecule has 0 atom stereocenters. The third-order valence-corrected chi connectivity index (χ3v) is 3.65. The molecule has 0 aliphatic rings.